The minimum Gasteiger partial charge on any atom is -0.494 e. The Bertz CT molecular complexity index is 802. The number of ether oxygens (including phenoxy) is 1. The Morgan fingerprint density at radius 1 is 1.31 bits per heavy atom. The lowest BCUT2D eigenvalue weighted by Crippen LogP contribution is -2.30. The van der Waals surface area contributed by atoms with Gasteiger partial charge in [0.05, 0.1) is 18.4 Å². The van der Waals surface area contributed by atoms with Gasteiger partial charge >= 0.3 is 0 Å². The van der Waals surface area contributed by atoms with Crippen molar-refractivity contribution >= 4 is 17.2 Å². The minimum atomic E-state index is -0.250. The summed E-state index contributed by atoms with van der Waals surface area (Å²) in [6, 6.07) is 7.82. The van der Waals surface area contributed by atoms with Crippen molar-refractivity contribution in [3.63, 3.8) is 0 Å². The van der Waals surface area contributed by atoms with Gasteiger partial charge in [0.1, 0.15) is 15.6 Å². The molecule has 2 heterocycles. The van der Waals surface area contributed by atoms with Crippen LogP contribution in [0.5, 0.6) is 5.75 Å². The molecule has 1 aromatic heterocycles. The fraction of sp³-hybridized carbons (Fsp3) is 0.500. The molecule has 138 valence electrons. The Hall–Kier alpha value is -1.92. The number of nitrogens with zero attached hydrogens (tertiary/aromatic N) is 2. The van der Waals surface area contributed by atoms with Crippen LogP contribution in [0.25, 0.3) is 10.6 Å². The van der Waals surface area contributed by atoms with Crippen LogP contribution in [0.2, 0.25) is 0 Å². The number of thiazole rings is 1. The molecule has 26 heavy (non-hydrogen) atoms. The van der Waals surface area contributed by atoms with Crippen LogP contribution in [0.15, 0.2) is 24.3 Å². The number of hydrogen-bond donors (Lipinski definition) is 1. The van der Waals surface area contributed by atoms with E-state index in [-0.39, 0.29) is 17.9 Å². The molecule has 1 saturated heterocycles. The van der Waals surface area contributed by atoms with E-state index in [0.717, 1.165) is 41.4 Å². The predicted molar refractivity (Wildman–Crippen MR) is 102 cm³/mol. The van der Waals surface area contributed by atoms with Gasteiger partial charge in [-0.2, -0.15) is 0 Å². The normalized spacial score (nSPS) is 24.7. The molecule has 6 heteroatoms. The van der Waals surface area contributed by atoms with Gasteiger partial charge in [0.25, 0.3) is 5.91 Å². The van der Waals surface area contributed by atoms with Crippen molar-refractivity contribution < 1.29 is 14.6 Å². The Morgan fingerprint density at radius 3 is 2.77 bits per heavy atom. The average Bonchev–Trinajstić information content (AvgIpc) is 3.32. The van der Waals surface area contributed by atoms with Crippen LogP contribution in [0, 0.1) is 18.8 Å². The molecule has 0 unspecified atom stereocenters. The van der Waals surface area contributed by atoms with Gasteiger partial charge in [-0.25, -0.2) is 4.98 Å². The first-order chi connectivity index (χ1) is 12.6. The number of aromatic nitrogens is 1. The number of carbonyl (C=O) groups excluding carboxylic acids is 1. The number of aryl methyl sites for hydroxylation is 1. The van der Waals surface area contributed by atoms with Crippen LogP contribution in [-0.4, -0.2) is 46.7 Å². The molecule has 1 aliphatic heterocycles. The fourth-order valence-corrected chi connectivity index (χ4v) is 5.16. The lowest BCUT2D eigenvalue weighted by Gasteiger charge is -2.17. The molecule has 2 aliphatic rings. The molecule has 0 spiro atoms. The van der Waals surface area contributed by atoms with Crippen LogP contribution in [0.3, 0.4) is 0 Å². The van der Waals surface area contributed by atoms with E-state index in [4.69, 9.17) is 4.74 Å². The quantitative estimate of drug-likeness (QED) is 0.894. The molecule has 2 aromatic rings. The molecule has 0 bridgehead atoms. The van der Waals surface area contributed by atoms with Crippen LogP contribution in [0.1, 0.15) is 35.1 Å². The Labute approximate surface area is 157 Å². The first-order valence-electron chi connectivity index (χ1n) is 9.24. The van der Waals surface area contributed by atoms with Gasteiger partial charge in [-0.15, -0.1) is 11.3 Å². The first-order valence-corrected chi connectivity index (χ1v) is 10.1. The van der Waals surface area contributed by atoms with Crippen molar-refractivity contribution in [3.05, 3.63) is 34.8 Å². The average molecular weight is 372 g/mol. The number of benzene rings is 1. The van der Waals surface area contributed by atoms with Gasteiger partial charge in [0.15, 0.2) is 0 Å². The van der Waals surface area contributed by atoms with E-state index in [1.807, 2.05) is 43.0 Å². The summed E-state index contributed by atoms with van der Waals surface area (Å²) in [6.07, 6.45) is 1.65. The highest BCUT2D eigenvalue weighted by Gasteiger charge is 2.43. The van der Waals surface area contributed by atoms with Gasteiger partial charge < -0.3 is 14.7 Å². The number of aliphatic hydroxyl groups is 1. The Balaban J connectivity index is 1.52. The molecule has 4 rings (SSSR count). The molecular formula is C20H24N2O3S. The first kappa shape index (κ1) is 17.5. The number of amides is 1. The zero-order valence-corrected chi connectivity index (χ0v) is 16.0. The second-order valence-electron chi connectivity index (χ2n) is 7.17. The molecule has 0 radical (unpaired) electrons. The van der Waals surface area contributed by atoms with Gasteiger partial charge in [0.2, 0.25) is 0 Å². The number of aliphatic hydroxyl groups excluding tert-OH is 1. The van der Waals surface area contributed by atoms with Gasteiger partial charge in [-0.05, 0) is 56.9 Å². The van der Waals surface area contributed by atoms with Crippen LogP contribution in [-0.2, 0) is 0 Å². The predicted octanol–water partition coefficient (Wildman–Crippen LogP) is 3.36. The van der Waals surface area contributed by atoms with Crippen molar-refractivity contribution in [2.45, 2.75) is 32.8 Å². The Morgan fingerprint density at radius 2 is 2.08 bits per heavy atom. The van der Waals surface area contributed by atoms with Crippen LogP contribution >= 0.6 is 11.3 Å². The van der Waals surface area contributed by atoms with Crippen molar-refractivity contribution in [1.29, 1.82) is 0 Å². The summed E-state index contributed by atoms with van der Waals surface area (Å²) in [5.74, 6) is 1.59. The summed E-state index contributed by atoms with van der Waals surface area (Å²) in [6.45, 7) is 5.92. The third-order valence-electron chi connectivity index (χ3n) is 5.51. The topological polar surface area (TPSA) is 62.7 Å². The third-order valence-corrected chi connectivity index (χ3v) is 6.70. The summed E-state index contributed by atoms with van der Waals surface area (Å²) in [5.41, 5.74) is 1.77. The molecule has 3 atom stereocenters. The van der Waals surface area contributed by atoms with Crippen molar-refractivity contribution in [3.8, 4) is 16.3 Å². The molecule has 1 aromatic carbocycles. The van der Waals surface area contributed by atoms with E-state index in [9.17, 15) is 9.90 Å². The largest absolute Gasteiger partial charge is 0.494 e. The second-order valence-corrected chi connectivity index (χ2v) is 8.17. The van der Waals surface area contributed by atoms with Crippen LogP contribution in [0.4, 0.5) is 0 Å². The van der Waals surface area contributed by atoms with Crippen molar-refractivity contribution in [1.82, 2.24) is 9.88 Å². The molecule has 1 amide bonds. The number of fused-ring (bicyclic) bond motifs is 1. The van der Waals surface area contributed by atoms with E-state index in [1.165, 1.54) is 11.3 Å². The maximum atomic E-state index is 13.0. The maximum absolute atomic E-state index is 13.0. The molecule has 1 aliphatic carbocycles. The molecule has 5 nitrogen and oxygen atoms in total. The maximum Gasteiger partial charge on any atom is 0.265 e. The van der Waals surface area contributed by atoms with Crippen molar-refractivity contribution in [2.24, 2.45) is 11.8 Å². The van der Waals surface area contributed by atoms with E-state index in [0.29, 0.717) is 23.9 Å². The van der Waals surface area contributed by atoms with Gasteiger partial charge in [-0.1, -0.05) is 0 Å². The third kappa shape index (κ3) is 3.12. The summed E-state index contributed by atoms with van der Waals surface area (Å²) in [5, 5.41) is 10.9. The summed E-state index contributed by atoms with van der Waals surface area (Å²) in [4.78, 5) is 20.2. The highest BCUT2D eigenvalue weighted by Crippen LogP contribution is 2.39. The van der Waals surface area contributed by atoms with Gasteiger partial charge in [0, 0.05) is 24.6 Å². The minimum absolute atomic E-state index is 0.0544. The molecule has 2 fully saturated rings. The van der Waals surface area contributed by atoms with E-state index in [1.54, 1.807) is 0 Å². The highest BCUT2D eigenvalue weighted by atomic mass is 32.1. The summed E-state index contributed by atoms with van der Waals surface area (Å²) < 4.78 is 5.48. The number of likely N-dealkylation sites (tertiary alicyclic amines) is 1. The monoisotopic (exact) mass is 372 g/mol. The molecule has 1 saturated carbocycles. The summed E-state index contributed by atoms with van der Waals surface area (Å²) >= 11 is 1.45. The van der Waals surface area contributed by atoms with Crippen LogP contribution < -0.4 is 4.74 Å². The molecule has 1 N–H and O–H groups in total. The van der Waals surface area contributed by atoms with E-state index in [2.05, 4.69) is 4.98 Å². The highest BCUT2D eigenvalue weighted by molar-refractivity contribution is 7.17. The van der Waals surface area contributed by atoms with Gasteiger partial charge in [-0.3, -0.25) is 4.79 Å². The number of rotatable bonds is 4. The lowest BCUT2D eigenvalue weighted by molar-refractivity contribution is 0.0756. The lowest BCUT2D eigenvalue weighted by atomic mass is 10.00. The van der Waals surface area contributed by atoms with Crippen molar-refractivity contribution in [2.75, 3.05) is 19.7 Å². The summed E-state index contributed by atoms with van der Waals surface area (Å²) in [7, 11) is 0. The number of carbonyl (C=O) groups is 1. The van der Waals surface area contributed by atoms with E-state index >= 15 is 0 Å². The second kappa shape index (κ2) is 7.00. The standard InChI is InChI=1S/C20H24N2O3S/c1-3-25-15-7-4-13(5-8-15)19-21-12(2)18(26-19)20(24)22-10-14-6-9-17(23)16(14)11-22/h4-5,7-8,14,16-17,23H,3,6,9-11H2,1-2H3/t14-,16-,17-/m0/s1. The van der Waals surface area contributed by atoms with E-state index < -0.39 is 0 Å². The number of hydrogen-bond acceptors (Lipinski definition) is 5. The fourth-order valence-electron chi connectivity index (χ4n) is 4.12. The Kier molecular flexibility index (Phi) is 4.71. The SMILES string of the molecule is CCOc1ccc(-c2nc(C)c(C(=O)N3C[C@@H]4CC[C@H](O)[C@H]4C3)s2)cc1. The molecular weight excluding hydrogens is 348 g/mol. The zero-order valence-electron chi connectivity index (χ0n) is 15.1. The smallest absolute Gasteiger partial charge is 0.265 e. The zero-order chi connectivity index (χ0) is 18.3.